The van der Waals surface area contributed by atoms with Crippen LogP contribution in [-0.4, -0.2) is 14.5 Å². The number of hydrogen-bond donors (Lipinski definition) is 0. The Morgan fingerprint density at radius 3 is 2.78 bits per heavy atom. The van der Waals surface area contributed by atoms with Gasteiger partial charge in [0.2, 0.25) is 0 Å². The predicted molar refractivity (Wildman–Crippen MR) is 94.0 cm³/mol. The molecule has 0 bridgehead atoms. The minimum Gasteiger partial charge on any atom is -0.401 e. The number of benzene rings is 1. The van der Waals surface area contributed by atoms with Crippen LogP contribution in [0.25, 0.3) is 23.1 Å². The highest BCUT2D eigenvalue weighted by molar-refractivity contribution is 14.1. The van der Waals surface area contributed by atoms with Crippen molar-refractivity contribution >= 4 is 51.5 Å². The molecular formula is C15H10IN3O4. The summed E-state index contributed by atoms with van der Waals surface area (Å²) < 4.78 is 7.42. The Morgan fingerprint density at radius 2 is 2.09 bits per heavy atom. The molecular weight excluding hydrogens is 413 g/mol. The molecule has 0 radical (unpaired) electrons. The third-order valence-corrected chi connectivity index (χ3v) is 3.93. The minimum atomic E-state index is -0.608. The van der Waals surface area contributed by atoms with Gasteiger partial charge in [0.15, 0.2) is 0 Å². The highest BCUT2D eigenvalue weighted by atomic mass is 127. The molecule has 0 aliphatic rings. The Labute approximate surface area is 143 Å². The van der Waals surface area contributed by atoms with E-state index in [-0.39, 0.29) is 11.4 Å². The molecule has 23 heavy (non-hydrogen) atoms. The second kappa shape index (κ2) is 5.95. The second-order valence-electron chi connectivity index (χ2n) is 4.76. The van der Waals surface area contributed by atoms with Gasteiger partial charge in [0.05, 0.1) is 17.0 Å². The molecule has 7 nitrogen and oxygen atoms in total. The number of rotatable bonds is 3. The van der Waals surface area contributed by atoms with Crippen molar-refractivity contribution in [3.63, 3.8) is 0 Å². The third kappa shape index (κ3) is 3.02. The number of nitrogens with zero attached hydrogens (tertiary/aromatic N) is 3. The lowest BCUT2D eigenvalue weighted by molar-refractivity contribution is -0.402. The number of hydrogen-bond acceptors (Lipinski definition) is 5. The quantitative estimate of drug-likeness (QED) is 0.367. The highest BCUT2D eigenvalue weighted by Crippen LogP contribution is 2.18. The summed E-state index contributed by atoms with van der Waals surface area (Å²) in [4.78, 5) is 26.8. The van der Waals surface area contributed by atoms with Gasteiger partial charge in [0, 0.05) is 10.6 Å². The predicted octanol–water partition coefficient (Wildman–Crippen LogP) is 3.21. The van der Waals surface area contributed by atoms with Crippen LogP contribution in [0.2, 0.25) is 0 Å². The van der Waals surface area contributed by atoms with Crippen LogP contribution in [-0.2, 0) is 7.05 Å². The molecule has 0 N–H and O–H groups in total. The molecule has 3 rings (SSSR count). The Bertz CT molecular complexity index is 1000. The van der Waals surface area contributed by atoms with Crippen molar-refractivity contribution in [3.8, 4) is 0 Å². The molecule has 0 amide bonds. The number of furan rings is 1. The van der Waals surface area contributed by atoms with E-state index in [2.05, 4.69) is 27.6 Å². The molecule has 0 aliphatic carbocycles. The maximum atomic E-state index is 12.4. The van der Waals surface area contributed by atoms with E-state index in [0.29, 0.717) is 22.5 Å². The number of halogens is 1. The van der Waals surface area contributed by atoms with Crippen molar-refractivity contribution in [1.29, 1.82) is 0 Å². The van der Waals surface area contributed by atoms with Gasteiger partial charge in [-0.2, -0.15) is 0 Å². The van der Waals surface area contributed by atoms with Crippen LogP contribution in [0.1, 0.15) is 11.6 Å². The molecule has 0 spiro atoms. The lowest BCUT2D eigenvalue weighted by atomic mass is 10.2. The van der Waals surface area contributed by atoms with E-state index in [1.807, 2.05) is 6.07 Å². The first-order chi connectivity index (χ1) is 11.0. The summed E-state index contributed by atoms with van der Waals surface area (Å²) in [5.41, 5.74) is 0.442. The first kappa shape index (κ1) is 15.4. The fraction of sp³-hybridized carbons (Fsp3) is 0.0667. The van der Waals surface area contributed by atoms with E-state index in [1.54, 1.807) is 25.3 Å². The SMILES string of the molecule is Cn1c(C=Cc2ccc([N+](=O)[O-])o2)nc2ccc(I)cc2c1=O. The number of fused-ring (bicyclic) bond motifs is 1. The fourth-order valence-electron chi connectivity index (χ4n) is 2.10. The summed E-state index contributed by atoms with van der Waals surface area (Å²) in [6, 6.07) is 8.20. The first-order valence-electron chi connectivity index (χ1n) is 6.54. The average molecular weight is 423 g/mol. The number of nitro groups is 1. The van der Waals surface area contributed by atoms with Gasteiger partial charge in [-0.05, 0) is 59.0 Å². The standard InChI is InChI=1S/C15H10IN3O4/c1-18-13(6-3-10-4-7-14(23-10)19(21)22)17-12-5-2-9(16)8-11(12)15(18)20/h2-8H,1H3. The van der Waals surface area contributed by atoms with E-state index in [4.69, 9.17) is 4.42 Å². The van der Waals surface area contributed by atoms with E-state index < -0.39 is 4.92 Å². The van der Waals surface area contributed by atoms with Crippen molar-refractivity contribution in [2.45, 2.75) is 0 Å². The lowest BCUT2D eigenvalue weighted by Gasteiger charge is -2.05. The van der Waals surface area contributed by atoms with Gasteiger partial charge in [-0.15, -0.1) is 0 Å². The van der Waals surface area contributed by atoms with Crippen molar-refractivity contribution in [3.05, 3.63) is 66.0 Å². The van der Waals surface area contributed by atoms with E-state index in [0.717, 1.165) is 3.57 Å². The van der Waals surface area contributed by atoms with Crippen molar-refractivity contribution in [2.24, 2.45) is 7.05 Å². The van der Waals surface area contributed by atoms with Gasteiger partial charge in [-0.1, -0.05) is 0 Å². The second-order valence-corrected chi connectivity index (χ2v) is 6.01. The van der Waals surface area contributed by atoms with Crippen LogP contribution in [0.15, 0.2) is 39.5 Å². The smallest absolute Gasteiger partial charge is 0.401 e. The molecule has 0 unspecified atom stereocenters. The Kier molecular flexibility index (Phi) is 3.99. The Balaban J connectivity index is 2.04. The van der Waals surface area contributed by atoms with Crippen LogP contribution in [0, 0.1) is 13.7 Å². The molecule has 1 aromatic carbocycles. The Hall–Kier alpha value is -2.49. The van der Waals surface area contributed by atoms with Crippen molar-refractivity contribution < 1.29 is 9.34 Å². The third-order valence-electron chi connectivity index (χ3n) is 3.26. The van der Waals surface area contributed by atoms with Crippen LogP contribution < -0.4 is 5.56 Å². The van der Waals surface area contributed by atoms with Gasteiger partial charge in [-0.25, -0.2) is 4.98 Å². The van der Waals surface area contributed by atoms with Crippen LogP contribution in [0.4, 0.5) is 5.88 Å². The summed E-state index contributed by atoms with van der Waals surface area (Å²) >= 11 is 2.14. The largest absolute Gasteiger partial charge is 0.433 e. The van der Waals surface area contributed by atoms with Crippen LogP contribution >= 0.6 is 22.6 Å². The zero-order valence-corrected chi connectivity index (χ0v) is 14.1. The van der Waals surface area contributed by atoms with Gasteiger partial charge in [0.1, 0.15) is 16.5 Å². The molecule has 0 saturated carbocycles. The Morgan fingerprint density at radius 1 is 1.30 bits per heavy atom. The minimum absolute atomic E-state index is 0.154. The molecule has 0 saturated heterocycles. The molecule has 116 valence electrons. The normalized spacial score (nSPS) is 11.4. The van der Waals surface area contributed by atoms with E-state index in [1.165, 1.54) is 22.8 Å². The summed E-state index contributed by atoms with van der Waals surface area (Å²) in [5.74, 6) is 0.413. The van der Waals surface area contributed by atoms with Gasteiger partial charge in [0.25, 0.3) is 5.56 Å². The topological polar surface area (TPSA) is 91.2 Å². The van der Waals surface area contributed by atoms with E-state index >= 15 is 0 Å². The van der Waals surface area contributed by atoms with E-state index in [9.17, 15) is 14.9 Å². The molecule has 2 heterocycles. The molecule has 0 atom stereocenters. The monoisotopic (exact) mass is 423 g/mol. The summed E-state index contributed by atoms with van der Waals surface area (Å²) in [6.45, 7) is 0. The van der Waals surface area contributed by atoms with Crippen molar-refractivity contribution in [1.82, 2.24) is 9.55 Å². The number of aromatic nitrogens is 2. The average Bonchev–Trinajstić information content (AvgIpc) is 2.99. The maximum absolute atomic E-state index is 12.4. The molecule has 0 fully saturated rings. The summed E-state index contributed by atoms with van der Waals surface area (Å²) in [5, 5.41) is 11.1. The van der Waals surface area contributed by atoms with Gasteiger partial charge in [-0.3, -0.25) is 19.5 Å². The van der Waals surface area contributed by atoms with Crippen molar-refractivity contribution in [2.75, 3.05) is 0 Å². The molecule has 3 aromatic rings. The maximum Gasteiger partial charge on any atom is 0.433 e. The zero-order chi connectivity index (χ0) is 16.6. The first-order valence-corrected chi connectivity index (χ1v) is 7.62. The molecule has 8 heteroatoms. The van der Waals surface area contributed by atoms with Gasteiger partial charge >= 0.3 is 5.88 Å². The lowest BCUT2D eigenvalue weighted by Crippen LogP contribution is -2.20. The van der Waals surface area contributed by atoms with Gasteiger partial charge < -0.3 is 4.42 Å². The molecule has 2 aromatic heterocycles. The van der Waals surface area contributed by atoms with Crippen LogP contribution in [0.3, 0.4) is 0 Å². The molecule has 0 aliphatic heterocycles. The highest BCUT2D eigenvalue weighted by Gasteiger charge is 2.10. The summed E-state index contributed by atoms with van der Waals surface area (Å²) in [6.07, 6.45) is 3.12. The van der Waals surface area contributed by atoms with Crippen LogP contribution in [0.5, 0.6) is 0 Å². The zero-order valence-electron chi connectivity index (χ0n) is 11.9. The fourth-order valence-corrected chi connectivity index (χ4v) is 2.59. The summed E-state index contributed by atoms with van der Waals surface area (Å²) in [7, 11) is 1.62.